The quantitative estimate of drug-likeness (QED) is 0.828. The van der Waals surface area contributed by atoms with Gasteiger partial charge in [-0.05, 0) is 55.8 Å². The van der Waals surface area contributed by atoms with E-state index in [-0.39, 0.29) is 0 Å². The van der Waals surface area contributed by atoms with Gasteiger partial charge in [0.1, 0.15) is 12.4 Å². The van der Waals surface area contributed by atoms with Gasteiger partial charge in [-0.1, -0.05) is 0 Å². The van der Waals surface area contributed by atoms with E-state index in [4.69, 9.17) is 9.47 Å². The van der Waals surface area contributed by atoms with Crippen LogP contribution in [0.1, 0.15) is 30.7 Å². The molecule has 126 valence electrons. The van der Waals surface area contributed by atoms with Crippen LogP contribution < -0.4 is 10.1 Å². The van der Waals surface area contributed by atoms with Crippen LogP contribution in [0.2, 0.25) is 0 Å². The van der Waals surface area contributed by atoms with E-state index in [1.165, 1.54) is 31.4 Å². The van der Waals surface area contributed by atoms with Gasteiger partial charge in [-0.2, -0.15) is 0 Å². The molecule has 2 saturated heterocycles. The van der Waals surface area contributed by atoms with Gasteiger partial charge in [0.15, 0.2) is 0 Å². The Balaban J connectivity index is 1.24. The average molecular weight is 317 g/mol. The molecule has 3 atom stereocenters. The molecule has 1 aromatic heterocycles. The molecule has 3 heterocycles. The zero-order valence-electron chi connectivity index (χ0n) is 13.7. The fourth-order valence-corrected chi connectivity index (χ4v) is 3.55. The zero-order chi connectivity index (χ0) is 15.5. The van der Waals surface area contributed by atoms with Gasteiger partial charge in [-0.15, -0.1) is 0 Å². The predicted octanol–water partition coefficient (Wildman–Crippen LogP) is 1.65. The summed E-state index contributed by atoms with van der Waals surface area (Å²) in [6, 6.07) is 2.73. The van der Waals surface area contributed by atoms with Crippen LogP contribution in [0.25, 0.3) is 0 Å². The Bertz CT molecular complexity index is 515. The van der Waals surface area contributed by atoms with Gasteiger partial charge in [-0.25, -0.2) is 0 Å². The molecule has 4 rings (SSSR count). The van der Waals surface area contributed by atoms with E-state index in [2.05, 4.69) is 21.3 Å². The lowest BCUT2D eigenvalue weighted by Crippen LogP contribution is -2.46. The Morgan fingerprint density at radius 1 is 1.30 bits per heavy atom. The fraction of sp³-hybridized carbons (Fsp3) is 0.722. The van der Waals surface area contributed by atoms with Gasteiger partial charge >= 0.3 is 0 Å². The number of rotatable bonds is 7. The Kier molecular flexibility index (Phi) is 4.78. The predicted molar refractivity (Wildman–Crippen MR) is 88.9 cm³/mol. The summed E-state index contributed by atoms with van der Waals surface area (Å²) in [6.45, 7) is 7.08. The molecular weight excluding hydrogens is 290 g/mol. The first-order chi connectivity index (χ1) is 11.4. The van der Waals surface area contributed by atoms with Crippen LogP contribution in [-0.4, -0.2) is 61.9 Å². The Morgan fingerprint density at radius 2 is 2.17 bits per heavy atom. The van der Waals surface area contributed by atoms with Crippen molar-refractivity contribution < 1.29 is 9.47 Å². The van der Waals surface area contributed by atoms with E-state index < -0.39 is 0 Å². The number of hydrogen-bond donors (Lipinski definition) is 1. The Labute approximate surface area is 138 Å². The summed E-state index contributed by atoms with van der Waals surface area (Å²) < 4.78 is 11.3. The molecule has 0 bridgehead atoms. The molecule has 3 aliphatic rings. The van der Waals surface area contributed by atoms with Crippen LogP contribution in [0, 0.1) is 5.92 Å². The highest BCUT2D eigenvalue weighted by atomic mass is 16.5. The maximum absolute atomic E-state index is 5.87. The van der Waals surface area contributed by atoms with Gasteiger partial charge in [-0.3, -0.25) is 9.88 Å². The standard InChI is InChI=1S/C18H27N3O2/c1-3-20-16(1)13-23-17-9-15(11-19-12-17)18-10-14(18)2-4-21-5-7-22-8-6-21/h9,11-12,14,16,18,20H,1-8,10,13H2/t14-,16+,18-/m1/s1. The van der Waals surface area contributed by atoms with E-state index in [1.54, 1.807) is 0 Å². The van der Waals surface area contributed by atoms with Crippen LogP contribution in [-0.2, 0) is 4.74 Å². The highest BCUT2D eigenvalue weighted by Crippen LogP contribution is 2.49. The first kappa shape index (κ1) is 15.4. The lowest BCUT2D eigenvalue weighted by Gasteiger charge is -2.27. The van der Waals surface area contributed by atoms with Gasteiger partial charge in [0.2, 0.25) is 0 Å². The summed E-state index contributed by atoms with van der Waals surface area (Å²) in [5.74, 6) is 2.44. The lowest BCUT2D eigenvalue weighted by atomic mass is 10.1. The number of pyridine rings is 1. The fourth-order valence-electron chi connectivity index (χ4n) is 3.55. The van der Waals surface area contributed by atoms with Gasteiger partial charge in [0.05, 0.1) is 19.4 Å². The molecule has 3 fully saturated rings. The summed E-state index contributed by atoms with van der Waals surface area (Å²) >= 11 is 0. The summed E-state index contributed by atoms with van der Waals surface area (Å²) in [5.41, 5.74) is 1.36. The van der Waals surface area contributed by atoms with E-state index in [0.29, 0.717) is 12.0 Å². The van der Waals surface area contributed by atoms with E-state index >= 15 is 0 Å². The normalized spacial score (nSPS) is 30.7. The third-order valence-electron chi connectivity index (χ3n) is 5.38. The second-order valence-electron chi connectivity index (χ2n) is 7.05. The van der Waals surface area contributed by atoms with Crippen molar-refractivity contribution >= 4 is 0 Å². The van der Waals surface area contributed by atoms with Crippen molar-refractivity contribution in [3.8, 4) is 5.75 Å². The van der Waals surface area contributed by atoms with Crippen molar-refractivity contribution in [3.63, 3.8) is 0 Å². The molecule has 1 aromatic rings. The Hall–Kier alpha value is -1.17. The molecule has 0 radical (unpaired) electrons. The third-order valence-corrected chi connectivity index (χ3v) is 5.38. The third kappa shape index (κ3) is 4.03. The highest BCUT2D eigenvalue weighted by Gasteiger charge is 2.38. The first-order valence-corrected chi connectivity index (χ1v) is 9.00. The molecular formula is C18H27N3O2. The van der Waals surface area contributed by atoms with Crippen molar-refractivity contribution in [2.24, 2.45) is 5.92 Å². The minimum absolute atomic E-state index is 0.529. The largest absolute Gasteiger partial charge is 0.490 e. The minimum atomic E-state index is 0.529. The monoisotopic (exact) mass is 317 g/mol. The van der Waals surface area contributed by atoms with Crippen LogP contribution in [0.4, 0.5) is 0 Å². The molecule has 23 heavy (non-hydrogen) atoms. The molecule has 0 aromatic carbocycles. The van der Waals surface area contributed by atoms with Gasteiger partial charge in [0, 0.05) is 25.3 Å². The molecule has 1 saturated carbocycles. The van der Waals surface area contributed by atoms with E-state index in [1.807, 2.05) is 12.4 Å². The Morgan fingerprint density at radius 3 is 2.96 bits per heavy atom. The molecule has 1 N–H and O–H groups in total. The molecule has 5 nitrogen and oxygen atoms in total. The summed E-state index contributed by atoms with van der Waals surface area (Å²) in [6.07, 6.45) is 7.68. The SMILES string of the molecule is c1ncc([C@@H]2C[C@H]2CCN2CCOCC2)cc1OC[C@@H]1CCN1. The maximum atomic E-state index is 5.87. The smallest absolute Gasteiger partial charge is 0.137 e. The van der Waals surface area contributed by atoms with Gasteiger partial charge < -0.3 is 14.8 Å². The van der Waals surface area contributed by atoms with Crippen molar-refractivity contribution in [2.75, 3.05) is 46.0 Å². The number of morpholine rings is 1. The van der Waals surface area contributed by atoms with Gasteiger partial charge in [0.25, 0.3) is 0 Å². The molecule has 1 aliphatic carbocycles. The summed E-state index contributed by atoms with van der Waals surface area (Å²) in [5, 5.41) is 3.36. The number of ether oxygens (including phenoxy) is 2. The molecule has 5 heteroatoms. The molecule has 2 aliphatic heterocycles. The van der Waals surface area contributed by atoms with Crippen LogP contribution in [0.5, 0.6) is 5.75 Å². The summed E-state index contributed by atoms with van der Waals surface area (Å²) in [4.78, 5) is 6.91. The number of nitrogens with one attached hydrogen (secondary N) is 1. The number of hydrogen-bond acceptors (Lipinski definition) is 5. The molecule has 0 amide bonds. The van der Waals surface area contributed by atoms with E-state index in [0.717, 1.165) is 51.1 Å². The van der Waals surface area contributed by atoms with Crippen molar-refractivity contribution in [2.45, 2.75) is 31.2 Å². The van der Waals surface area contributed by atoms with E-state index in [9.17, 15) is 0 Å². The minimum Gasteiger partial charge on any atom is -0.490 e. The molecule has 0 unspecified atom stereocenters. The molecule has 0 spiro atoms. The average Bonchev–Trinajstić information content (AvgIpc) is 3.33. The highest BCUT2D eigenvalue weighted by molar-refractivity contribution is 5.30. The topological polar surface area (TPSA) is 46.6 Å². The zero-order valence-corrected chi connectivity index (χ0v) is 13.7. The lowest BCUT2D eigenvalue weighted by molar-refractivity contribution is 0.0367. The maximum Gasteiger partial charge on any atom is 0.137 e. The summed E-state index contributed by atoms with van der Waals surface area (Å²) in [7, 11) is 0. The first-order valence-electron chi connectivity index (χ1n) is 9.00. The van der Waals surface area contributed by atoms with Crippen LogP contribution >= 0.6 is 0 Å². The number of nitrogens with zero attached hydrogens (tertiary/aromatic N) is 2. The van der Waals surface area contributed by atoms with Crippen LogP contribution in [0.3, 0.4) is 0 Å². The second-order valence-corrected chi connectivity index (χ2v) is 7.05. The van der Waals surface area contributed by atoms with Crippen molar-refractivity contribution in [3.05, 3.63) is 24.0 Å². The number of aromatic nitrogens is 1. The second kappa shape index (κ2) is 7.16. The van der Waals surface area contributed by atoms with Crippen LogP contribution in [0.15, 0.2) is 18.5 Å². The van der Waals surface area contributed by atoms with Crippen molar-refractivity contribution in [1.29, 1.82) is 0 Å². The van der Waals surface area contributed by atoms with Crippen molar-refractivity contribution in [1.82, 2.24) is 15.2 Å².